The number of ether oxygens (including phenoxy) is 2. The molecule has 7 nitrogen and oxygen atoms in total. The van der Waals surface area contributed by atoms with Crippen LogP contribution in [0.1, 0.15) is 28.4 Å². The van der Waals surface area contributed by atoms with Crippen LogP contribution in [0.5, 0.6) is 11.5 Å². The maximum absolute atomic E-state index is 12.3. The van der Waals surface area contributed by atoms with Gasteiger partial charge >= 0.3 is 0 Å². The van der Waals surface area contributed by atoms with E-state index in [-0.39, 0.29) is 5.91 Å². The number of carbonyl (C=O) groups excluding carboxylic acids is 2. The number of amides is 2. The van der Waals surface area contributed by atoms with Crippen molar-refractivity contribution >= 4 is 35.3 Å². The zero-order chi connectivity index (χ0) is 22.9. The number of hydrogen-bond donors (Lipinski definition) is 2. The van der Waals surface area contributed by atoms with Gasteiger partial charge < -0.3 is 14.8 Å². The molecule has 2 N–H and O–H groups in total. The number of anilines is 1. The number of halogens is 1. The van der Waals surface area contributed by atoms with Crippen molar-refractivity contribution in [1.82, 2.24) is 5.43 Å². The molecule has 0 aliphatic heterocycles. The van der Waals surface area contributed by atoms with Crippen molar-refractivity contribution in [1.29, 1.82) is 0 Å². The smallest absolute Gasteiger partial charge is 0.271 e. The lowest BCUT2D eigenvalue weighted by atomic mass is 10.2. The average molecular weight is 452 g/mol. The summed E-state index contributed by atoms with van der Waals surface area (Å²) >= 11 is 6.17. The third kappa shape index (κ3) is 6.33. The number of nitrogens with zero attached hydrogens (tertiary/aromatic N) is 1. The van der Waals surface area contributed by atoms with Crippen molar-refractivity contribution < 1.29 is 19.1 Å². The van der Waals surface area contributed by atoms with E-state index >= 15 is 0 Å². The molecule has 0 aromatic heterocycles. The summed E-state index contributed by atoms with van der Waals surface area (Å²) in [6.07, 6.45) is 1.50. The van der Waals surface area contributed by atoms with Gasteiger partial charge in [-0.05, 0) is 48.0 Å². The van der Waals surface area contributed by atoms with Crippen LogP contribution in [0.4, 0.5) is 5.69 Å². The predicted molar refractivity (Wildman–Crippen MR) is 125 cm³/mol. The zero-order valence-electron chi connectivity index (χ0n) is 17.6. The largest absolute Gasteiger partial charge is 0.493 e. The summed E-state index contributed by atoms with van der Waals surface area (Å²) in [5.41, 5.74) is 4.94. The molecule has 3 aromatic rings. The highest BCUT2D eigenvalue weighted by atomic mass is 35.5. The summed E-state index contributed by atoms with van der Waals surface area (Å²) in [6.45, 7) is 1.70. The number of rotatable bonds is 8. The van der Waals surface area contributed by atoms with Crippen molar-refractivity contribution in [3.63, 3.8) is 0 Å². The molecule has 0 bridgehead atoms. The summed E-state index contributed by atoms with van der Waals surface area (Å²) in [6, 6.07) is 19.3. The van der Waals surface area contributed by atoms with Gasteiger partial charge in [-0.1, -0.05) is 35.9 Å². The lowest BCUT2D eigenvalue weighted by Crippen LogP contribution is -2.18. The van der Waals surface area contributed by atoms with Gasteiger partial charge in [0.2, 0.25) is 5.91 Å². The van der Waals surface area contributed by atoms with E-state index in [2.05, 4.69) is 15.8 Å². The van der Waals surface area contributed by atoms with Crippen LogP contribution in [-0.2, 0) is 11.4 Å². The fourth-order valence-electron chi connectivity index (χ4n) is 2.83. The van der Waals surface area contributed by atoms with Gasteiger partial charge in [-0.15, -0.1) is 0 Å². The standard InChI is InChI=1S/C24H22ClN3O4/c1-16(29)27-20-8-5-7-18(13-20)24(30)28-26-14-17-10-11-22(23(12-17)31-2)32-15-19-6-3-4-9-21(19)25/h3-14H,15H2,1-2H3,(H,27,29)(H,28,30)/b26-14-. The highest BCUT2D eigenvalue weighted by Crippen LogP contribution is 2.29. The summed E-state index contributed by atoms with van der Waals surface area (Å²) in [4.78, 5) is 23.5. The van der Waals surface area contributed by atoms with Crippen LogP contribution < -0.4 is 20.2 Å². The van der Waals surface area contributed by atoms with E-state index in [4.69, 9.17) is 21.1 Å². The van der Waals surface area contributed by atoms with Crippen molar-refractivity contribution in [2.24, 2.45) is 5.10 Å². The SMILES string of the molecule is COc1cc(/C=N\NC(=O)c2cccc(NC(C)=O)c2)ccc1OCc1ccccc1Cl. The second-order valence-electron chi connectivity index (χ2n) is 6.75. The molecule has 0 heterocycles. The molecule has 0 atom stereocenters. The lowest BCUT2D eigenvalue weighted by Gasteiger charge is -2.12. The quantitative estimate of drug-likeness (QED) is 0.385. The molecule has 32 heavy (non-hydrogen) atoms. The van der Waals surface area contributed by atoms with E-state index in [1.165, 1.54) is 13.1 Å². The monoisotopic (exact) mass is 451 g/mol. The Bertz CT molecular complexity index is 1150. The van der Waals surface area contributed by atoms with Crippen LogP contribution in [0.3, 0.4) is 0 Å². The van der Waals surface area contributed by atoms with Gasteiger partial charge in [0, 0.05) is 28.8 Å². The highest BCUT2D eigenvalue weighted by molar-refractivity contribution is 6.31. The first-order valence-electron chi connectivity index (χ1n) is 9.71. The number of benzene rings is 3. The molecule has 0 spiro atoms. The molecule has 3 rings (SSSR count). The molecule has 0 saturated carbocycles. The lowest BCUT2D eigenvalue weighted by molar-refractivity contribution is -0.114. The van der Waals surface area contributed by atoms with E-state index in [9.17, 15) is 9.59 Å². The number of methoxy groups -OCH3 is 1. The van der Waals surface area contributed by atoms with Crippen LogP contribution in [0, 0.1) is 0 Å². The minimum absolute atomic E-state index is 0.214. The number of nitrogens with one attached hydrogen (secondary N) is 2. The predicted octanol–water partition coefficient (Wildman–Crippen LogP) is 4.65. The first-order chi connectivity index (χ1) is 15.5. The molecule has 0 saturated heterocycles. The number of carbonyl (C=O) groups is 2. The number of hydrazone groups is 1. The Morgan fingerprint density at radius 2 is 1.84 bits per heavy atom. The maximum atomic E-state index is 12.3. The summed E-state index contributed by atoms with van der Waals surface area (Å²) < 4.78 is 11.2. The third-order valence-corrected chi connectivity index (χ3v) is 4.72. The summed E-state index contributed by atoms with van der Waals surface area (Å²) in [5.74, 6) is 0.465. The van der Waals surface area contributed by atoms with Crippen LogP contribution in [0.2, 0.25) is 5.02 Å². The van der Waals surface area contributed by atoms with Crippen LogP contribution in [-0.4, -0.2) is 25.1 Å². The fraction of sp³-hybridized carbons (Fsp3) is 0.125. The van der Waals surface area contributed by atoms with Gasteiger partial charge in [0.25, 0.3) is 5.91 Å². The molecule has 2 amide bonds. The molecule has 0 fully saturated rings. The van der Waals surface area contributed by atoms with Crippen LogP contribution in [0.25, 0.3) is 0 Å². The van der Waals surface area contributed by atoms with E-state index in [1.807, 2.05) is 18.2 Å². The van der Waals surface area contributed by atoms with Gasteiger partial charge in [0.05, 0.1) is 13.3 Å². The minimum atomic E-state index is -0.403. The third-order valence-electron chi connectivity index (χ3n) is 4.35. The first-order valence-corrected chi connectivity index (χ1v) is 10.1. The van der Waals surface area contributed by atoms with Crippen LogP contribution in [0.15, 0.2) is 71.8 Å². The van der Waals surface area contributed by atoms with Gasteiger partial charge in [-0.2, -0.15) is 5.10 Å². The van der Waals surface area contributed by atoms with E-state index in [1.54, 1.807) is 55.6 Å². The summed E-state index contributed by atoms with van der Waals surface area (Å²) in [5, 5.41) is 7.26. The fourth-order valence-corrected chi connectivity index (χ4v) is 3.02. The summed E-state index contributed by atoms with van der Waals surface area (Å²) in [7, 11) is 1.54. The van der Waals surface area contributed by atoms with E-state index in [0.717, 1.165) is 5.56 Å². The van der Waals surface area contributed by atoms with Gasteiger partial charge in [-0.25, -0.2) is 5.43 Å². The second-order valence-corrected chi connectivity index (χ2v) is 7.16. The topological polar surface area (TPSA) is 89.0 Å². The van der Waals surface area contributed by atoms with Crippen molar-refractivity contribution in [3.05, 3.63) is 88.4 Å². The second kappa shape index (κ2) is 11.0. The molecular weight excluding hydrogens is 430 g/mol. The molecule has 0 unspecified atom stereocenters. The molecule has 0 aliphatic rings. The Labute approximate surface area is 191 Å². The zero-order valence-corrected chi connectivity index (χ0v) is 18.3. The van der Waals surface area contributed by atoms with Gasteiger partial charge in [0.15, 0.2) is 11.5 Å². The van der Waals surface area contributed by atoms with E-state index < -0.39 is 5.91 Å². The Hall–Kier alpha value is -3.84. The Morgan fingerprint density at radius 1 is 1.03 bits per heavy atom. The van der Waals surface area contributed by atoms with Crippen LogP contribution >= 0.6 is 11.6 Å². The Kier molecular flexibility index (Phi) is 7.83. The minimum Gasteiger partial charge on any atom is -0.493 e. The van der Waals surface area contributed by atoms with Crippen molar-refractivity contribution in [2.45, 2.75) is 13.5 Å². The van der Waals surface area contributed by atoms with E-state index in [0.29, 0.717) is 39.9 Å². The Morgan fingerprint density at radius 3 is 2.59 bits per heavy atom. The van der Waals surface area contributed by atoms with Gasteiger partial charge in [-0.3, -0.25) is 9.59 Å². The average Bonchev–Trinajstić information content (AvgIpc) is 2.78. The maximum Gasteiger partial charge on any atom is 0.271 e. The molecule has 3 aromatic carbocycles. The number of hydrogen-bond acceptors (Lipinski definition) is 5. The molecule has 164 valence electrons. The highest BCUT2D eigenvalue weighted by Gasteiger charge is 2.08. The van der Waals surface area contributed by atoms with Crippen molar-refractivity contribution in [3.8, 4) is 11.5 Å². The molecular formula is C24H22ClN3O4. The normalized spacial score (nSPS) is 10.6. The van der Waals surface area contributed by atoms with Crippen molar-refractivity contribution in [2.75, 3.05) is 12.4 Å². The molecule has 0 radical (unpaired) electrons. The first kappa shape index (κ1) is 22.8. The molecule has 8 heteroatoms. The van der Waals surface area contributed by atoms with Gasteiger partial charge in [0.1, 0.15) is 6.61 Å². The Balaban J connectivity index is 1.63. The molecule has 0 aliphatic carbocycles.